The van der Waals surface area contributed by atoms with E-state index in [0.29, 0.717) is 17.8 Å². The van der Waals surface area contributed by atoms with Crippen molar-refractivity contribution in [2.24, 2.45) is 11.7 Å². The lowest BCUT2D eigenvalue weighted by Gasteiger charge is -2.31. The smallest absolute Gasteiger partial charge is 0.326 e. The number of rotatable bonds is 5. The van der Waals surface area contributed by atoms with E-state index in [0.717, 1.165) is 0 Å². The Morgan fingerprint density at radius 2 is 2.00 bits per heavy atom. The Labute approximate surface area is 139 Å². The van der Waals surface area contributed by atoms with Crippen molar-refractivity contribution >= 4 is 35.3 Å². The third-order valence-electron chi connectivity index (χ3n) is 3.63. The lowest BCUT2D eigenvalue weighted by Crippen LogP contribution is -2.48. The summed E-state index contributed by atoms with van der Waals surface area (Å²) >= 11 is 0. The predicted octanol–water partition coefficient (Wildman–Crippen LogP) is 0.914. The molecule has 1 aliphatic rings. The average Bonchev–Trinajstić information content (AvgIpc) is 2.54. The monoisotopic (exact) mass is 330 g/mol. The fraction of sp³-hybridized carbons (Fsp3) is 0.294. The van der Waals surface area contributed by atoms with Gasteiger partial charge >= 0.3 is 5.97 Å². The zero-order valence-corrected chi connectivity index (χ0v) is 13.4. The number of carbonyl (C=O) groups is 4. The van der Waals surface area contributed by atoms with Crippen LogP contribution in [-0.2, 0) is 19.1 Å². The molecule has 7 nitrogen and oxygen atoms in total. The number of hydrogen-bond donors (Lipinski definition) is 1. The van der Waals surface area contributed by atoms with Gasteiger partial charge in [-0.25, -0.2) is 0 Å². The number of esters is 1. The predicted molar refractivity (Wildman–Crippen MR) is 87.2 cm³/mol. The van der Waals surface area contributed by atoms with Crippen molar-refractivity contribution in [2.45, 2.75) is 13.8 Å². The lowest BCUT2D eigenvalue weighted by molar-refractivity contribution is -0.149. The van der Waals surface area contributed by atoms with Gasteiger partial charge in [0.05, 0.1) is 12.3 Å². The molecule has 1 heterocycles. The van der Waals surface area contributed by atoms with Crippen LogP contribution < -0.4 is 10.6 Å². The Bertz CT molecular complexity index is 738. The Morgan fingerprint density at radius 1 is 1.29 bits per heavy atom. The highest BCUT2D eigenvalue weighted by atomic mass is 16.5. The molecule has 1 aromatic rings. The molecule has 0 fully saturated rings. The van der Waals surface area contributed by atoms with Crippen LogP contribution in [0.1, 0.15) is 29.8 Å². The second kappa shape index (κ2) is 7.08. The number of primary amides is 1. The number of fused-ring (bicyclic) bond motifs is 1. The molecule has 0 spiro atoms. The van der Waals surface area contributed by atoms with E-state index in [1.807, 2.05) is 0 Å². The molecule has 0 saturated carbocycles. The third kappa shape index (κ3) is 3.19. The minimum atomic E-state index is -1.49. The van der Waals surface area contributed by atoms with E-state index >= 15 is 0 Å². The fourth-order valence-corrected chi connectivity index (χ4v) is 2.57. The molecular weight excluding hydrogens is 312 g/mol. The van der Waals surface area contributed by atoms with Gasteiger partial charge in [0, 0.05) is 18.2 Å². The number of ketones is 1. The summed E-state index contributed by atoms with van der Waals surface area (Å²) in [5, 5.41) is 0. The number of ether oxygens (including phenoxy) is 1. The summed E-state index contributed by atoms with van der Waals surface area (Å²) in [5.74, 6) is -4.15. The molecule has 2 N–H and O–H groups in total. The maximum atomic E-state index is 12.6. The number of nitrogens with zero attached hydrogens (tertiary/aromatic N) is 1. The van der Waals surface area contributed by atoms with Gasteiger partial charge in [-0.05, 0) is 37.6 Å². The number of hydrogen-bond acceptors (Lipinski definition) is 5. The van der Waals surface area contributed by atoms with Crippen molar-refractivity contribution in [3.63, 3.8) is 0 Å². The number of amides is 2. The van der Waals surface area contributed by atoms with Crippen molar-refractivity contribution < 1.29 is 23.9 Å². The van der Waals surface area contributed by atoms with E-state index in [2.05, 4.69) is 0 Å². The topological polar surface area (TPSA) is 107 Å². The first-order valence-corrected chi connectivity index (χ1v) is 7.54. The van der Waals surface area contributed by atoms with Gasteiger partial charge < -0.3 is 15.4 Å². The Balaban J connectivity index is 2.50. The highest BCUT2D eigenvalue weighted by Crippen LogP contribution is 2.32. The van der Waals surface area contributed by atoms with Crippen LogP contribution in [0.3, 0.4) is 0 Å². The van der Waals surface area contributed by atoms with Gasteiger partial charge in [0.1, 0.15) is 0 Å². The third-order valence-corrected chi connectivity index (χ3v) is 3.63. The first-order chi connectivity index (χ1) is 11.4. The van der Waals surface area contributed by atoms with Crippen LogP contribution in [0.15, 0.2) is 24.3 Å². The lowest BCUT2D eigenvalue weighted by atomic mass is 9.89. The Hall–Kier alpha value is -2.96. The molecule has 0 bridgehead atoms. The minimum absolute atomic E-state index is 0.0796. The van der Waals surface area contributed by atoms with Crippen molar-refractivity contribution in [3.8, 4) is 0 Å². The van der Waals surface area contributed by atoms with Crippen LogP contribution in [0.2, 0.25) is 0 Å². The maximum Gasteiger partial charge on any atom is 0.326 e. The summed E-state index contributed by atoms with van der Waals surface area (Å²) in [7, 11) is 0. The molecule has 0 radical (unpaired) electrons. The normalized spacial score (nSPS) is 17.1. The summed E-state index contributed by atoms with van der Waals surface area (Å²) in [6, 6.07) is 4.79. The van der Waals surface area contributed by atoms with E-state index in [9.17, 15) is 19.2 Å². The molecule has 1 unspecified atom stereocenters. The van der Waals surface area contributed by atoms with Gasteiger partial charge in [-0.3, -0.25) is 19.2 Å². The number of anilines is 1. The molecule has 0 aromatic heterocycles. The second-order valence-corrected chi connectivity index (χ2v) is 5.14. The van der Waals surface area contributed by atoms with Crippen LogP contribution >= 0.6 is 0 Å². The van der Waals surface area contributed by atoms with Crippen molar-refractivity contribution in [1.29, 1.82) is 0 Å². The summed E-state index contributed by atoms with van der Waals surface area (Å²) in [6.07, 6.45) is 2.63. The molecule has 1 aromatic carbocycles. The summed E-state index contributed by atoms with van der Waals surface area (Å²) in [5.41, 5.74) is 6.29. The zero-order valence-electron chi connectivity index (χ0n) is 13.4. The van der Waals surface area contributed by atoms with Gasteiger partial charge in [0.15, 0.2) is 11.7 Å². The Morgan fingerprint density at radius 3 is 2.58 bits per heavy atom. The van der Waals surface area contributed by atoms with E-state index in [1.54, 1.807) is 26.0 Å². The number of Topliss-reactive ketones (excluding diaryl/α,β-unsaturated/α-hetero) is 1. The molecule has 0 aliphatic carbocycles. The second-order valence-electron chi connectivity index (χ2n) is 5.14. The Kier molecular flexibility index (Phi) is 5.13. The summed E-state index contributed by atoms with van der Waals surface area (Å²) < 4.78 is 4.86. The van der Waals surface area contributed by atoms with Crippen LogP contribution in [0.25, 0.3) is 6.08 Å². The quantitative estimate of drug-likeness (QED) is 0.491. The van der Waals surface area contributed by atoms with E-state index < -0.39 is 29.5 Å². The minimum Gasteiger partial charge on any atom is -0.465 e. The molecular formula is C17H18N2O5. The van der Waals surface area contributed by atoms with Crippen molar-refractivity contribution in [3.05, 3.63) is 35.4 Å². The number of carbonyl (C=O) groups excluding carboxylic acids is 4. The molecule has 2 rings (SSSR count). The fourth-order valence-electron chi connectivity index (χ4n) is 2.57. The van der Waals surface area contributed by atoms with Crippen LogP contribution in [0.4, 0.5) is 5.69 Å². The zero-order chi connectivity index (χ0) is 17.9. The van der Waals surface area contributed by atoms with Gasteiger partial charge in [0.25, 0.3) is 0 Å². The highest BCUT2D eigenvalue weighted by Gasteiger charge is 2.44. The molecule has 2 amide bonds. The van der Waals surface area contributed by atoms with Crippen molar-refractivity contribution in [2.75, 3.05) is 18.1 Å². The average molecular weight is 330 g/mol. The summed E-state index contributed by atoms with van der Waals surface area (Å²) in [6.45, 7) is 3.75. The van der Waals surface area contributed by atoms with E-state index in [4.69, 9.17) is 10.5 Å². The van der Waals surface area contributed by atoms with Crippen molar-refractivity contribution in [1.82, 2.24) is 0 Å². The van der Waals surface area contributed by atoms with Gasteiger partial charge in [-0.15, -0.1) is 0 Å². The maximum absolute atomic E-state index is 12.6. The highest BCUT2D eigenvalue weighted by molar-refractivity contribution is 6.30. The molecule has 1 atom stereocenters. The summed E-state index contributed by atoms with van der Waals surface area (Å²) in [4.78, 5) is 49.3. The number of benzene rings is 1. The first-order valence-electron chi connectivity index (χ1n) is 7.54. The first kappa shape index (κ1) is 17.4. The molecule has 24 heavy (non-hydrogen) atoms. The standard InChI is InChI=1S/C17H18N2O5/c1-3-19-12-7-5-10(6-8-13(18)20)9-11(12)15(21)14(16(19)22)17(23)24-4-2/h5-9,14H,3-4H2,1-2H3,(H2,18,20)/b8-6+. The van der Waals surface area contributed by atoms with Crippen LogP contribution in [0.5, 0.6) is 0 Å². The van der Waals surface area contributed by atoms with Crippen LogP contribution in [-0.4, -0.2) is 36.7 Å². The van der Waals surface area contributed by atoms with Crippen LogP contribution in [0, 0.1) is 5.92 Å². The molecule has 0 saturated heterocycles. The van der Waals surface area contributed by atoms with Gasteiger partial charge in [-0.1, -0.05) is 6.07 Å². The van der Waals surface area contributed by atoms with E-state index in [1.165, 1.54) is 23.1 Å². The molecule has 1 aliphatic heterocycles. The van der Waals surface area contributed by atoms with Gasteiger partial charge in [0.2, 0.25) is 11.8 Å². The van der Waals surface area contributed by atoms with E-state index in [-0.39, 0.29) is 12.2 Å². The SMILES string of the molecule is CCOC(=O)C1C(=O)c2cc(/C=C/C(N)=O)ccc2N(CC)C1=O. The number of nitrogens with two attached hydrogens (primary N) is 1. The van der Waals surface area contributed by atoms with Gasteiger partial charge in [-0.2, -0.15) is 0 Å². The largest absolute Gasteiger partial charge is 0.465 e. The molecule has 126 valence electrons. The molecule has 7 heteroatoms.